The standard InChI is InChI=1S/C14H18FN3/c1-2-7-16-9-14-17-12-8-10(15)3-6-13(12)18(14)11-4-5-11/h3,6,8,11,16H,2,4-5,7,9H2,1H3. The van der Waals surface area contributed by atoms with Crippen LogP contribution in [-0.4, -0.2) is 16.1 Å². The van der Waals surface area contributed by atoms with Gasteiger partial charge in [-0.3, -0.25) is 0 Å². The van der Waals surface area contributed by atoms with Gasteiger partial charge in [0.25, 0.3) is 0 Å². The monoisotopic (exact) mass is 247 g/mol. The van der Waals surface area contributed by atoms with E-state index in [4.69, 9.17) is 0 Å². The normalized spacial score (nSPS) is 15.4. The fraction of sp³-hybridized carbons (Fsp3) is 0.500. The molecule has 1 fully saturated rings. The molecular formula is C14H18FN3. The van der Waals surface area contributed by atoms with Crippen LogP contribution in [0.25, 0.3) is 11.0 Å². The van der Waals surface area contributed by atoms with E-state index in [0.717, 1.165) is 36.4 Å². The Kier molecular flexibility index (Phi) is 3.04. The summed E-state index contributed by atoms with van der Waals surface area (Å²) < 4.78 is 15.5. The van der Waals surface area contributed by atoms with Crippen molar-refractivity contribution in [3.63, 3.8) is 0 Å². The minimum Gasteiger partial charge on any atom is -0.324 e. The van der Waals surface area contributed by atoms with E-state index in [1.54, 1.807) is 0 Å². The van der Waals surface area contributed by atoms with Crippen molar-refractivity contribution in [2.45, 2.75) is 38.8 Å². The smallest absolute Gasteiger partial charge is 0.125 e. The number of benzene rings is 1. The van der Waals surface area contributed by atoms with Crippen molar-refractivity contribution in [2.24, 2.45) is 0 Å². The van der Waals surface area contributed by atoms with Crippen LogP contribution in [0.15, 0.2) is 18.2 Å². The van der Waals surface area contributed by atoms with Gasteiger partial charge in [0.05, 0.1) is 17.6 Å². The lowest BCUT2D eigenvalue weighted by atomic mass is 10.3. The number of rotatable bonds is 5. The van der Waals surface area contributed by atoms with Crippen molar-refractivity contribution in [2.75, 3.05) is 6.54 Å². The molecule has 3 rings (SSSR count). The van der Waals surface area contributed by atoms with Gasteiger partial charge in [0.1, 0.15) is 11.6 Å². The van der Waals surface area contributed by atoms with Gasteiger partial charge in [0.2, 0.25) is 0 Å². The number of nitrogens with one attached hydrogen (secondary N) is 1. The number of imidazole rings is 1. The molecule has 96 valence electrons. The first kappa shape index (κ1) is 11.7. The topological polar surface area (TPSA) is 29.9 Å². The van der Waals surface area contributed by atoms with Crippen LogP contribution in [0.5, 0.6) is 0 Å². The van der Waals surface area contributed by atoms with Crippen molar-refractivity contribution in [1.29, 1.82) is 0 Å². The highest BCUT2D eigenvalue weighted by Gasteiger charge is 2.27. The van der Waals surface area contributed by atoms with Gasteiger partial charge in [-0.1, -0.05) is 6.92 Å². The molecule has 0 aliphatic heterocycles. The van der Waals surface area contributed by atoms with Gasteiger partial charge in [-0.15, -0.1) is 0 Å². The zero-order valence-electron chi connectivity index (χ0n) is 10.6. The highest BCUT2D eigenvalue weighted by atomic mass is 19.1. The molecule has 0 radical (unpaired) electrons. The third-order valence-electron chi connectivity index (χ3n) is 3.35. The largest absolute Gasteiger partial charge is 0.324 e. The van der Waals surface area contributed by atoms with E-state index in [9.17, 15) is 4.39 Å². The summed E-state index contributed by atoms with van der Waals surface area (Å²) in [6.07, 6.45) is 3.53. The van der Waals surface area contributed by atoms with Gasteiger partial charge < -0.3 is 9.88 Å². The average Bonchev–Trinajstić information content (AvgIpc) is 3.12. The molecule has 0 bridgehead atoms. The van der Waals surface area contributed by atoms with Crippen LogP contribution < -0.4 is 5.32 Å². The Bertz CT molecular complexity index is 557. The lowest BCUT2D eigenvalue weighted by molar-refractivity contribution is 0.609. The highest BCUT2D eigenvalue weighted by Crippen LogP contribution is 2.38. The van der Waals surface area contributed by atoms with Crippen LogP contribution >= 0.6 is 0 Å². The van der Waals surface area contributed by atoms with Gasteiger partial charge in [0, 0.05) is 12.1 Å². The van der Waals surface area contributed by atoms with Crippen molar-refractivity contribution >= 4 is 11.0 Å². The van der Waals surface area contributed by atoms with E-state index in [1.807, 2.05) is 6.07 Å². The zero-order chi connectivity index (χ0) is 12.5. The number of halogens is 1. The molecule has 1 aromatic carbocycles. The van der Waals surface area contributed by atoms with E-state index < -0.39 is 0 Å². The second-order valence-corrected chi connectivity index (χ2v) is 4.94. The molecular weight excluding hydrogens is 229 g/mol. The van der Waals surface area contributed by atoms with Crippen LogP contribution in [0.2, 0.25) is 0 Å². The van der Waals surface area contributed by atoms with Crippen LogP contribution in [0, 0.1) is 5.82 Å². The number of aromatic nitrogens is 2. The Morgan fingerprint density at radius 2 is 2.28 bits per heavy atom. The molecule has 0 saturated heterocycles. The zero-order valence-corrected chi connectivity index (χ0v) is 10.6. The number of fused-ring (bicyclic) bond motifs is 1. The quantitative estimate of drug-likeness (QED) is 0.823. The molecule has 1 N–H and O–H groups in total. The summed E-state index contributed by atoms with van der Waals surface area (Å²) in [5.74, 6) is 0.822. The van der Waals surface area contributed by atoms with Crippen molar-refractivity contribution in [3.05, 3.63) is 29.8 Å². The first-order chi connectivity index (χ1) is 8.79. The maximum atomic E-state index is 13.2. The predicted octanol–water partition coefficient (Wildman–Crippen LogP) is 3.01. The lowest BCUT2D eigenvalue weighted by Crippen LogP contribution is -2.17. The summed E-state index contributed by atoms with van der Waals surface area (Å²) in [7, 11) is 0. The Morgan fingerprint density at radius 1 is 1.44 bits per heavy atom. The summed E-state index contributed by atoms with van der Waals surface area (Å²) in [4.78, 5) is 4.57. The molecule has 1 aliphatic rings. The molecule has 1 heterocycles. The Balaban J connectivity index is 1.98. The molecule has 1 saturated carbocycles. The Hall–Kier alpha value is -1.42. The van der Waals surface area contributed by atoms with E-state index in [-0.39, 0.29) is 5.82 Å². The summed E-state index contributed by atoms with van der Waals surface area (Å²) in [5, 5.41) is 3.37. The maximum Gasteiger partial charge on any atom is 0.125 e. The second kappa shape index (κ2) is 4.69. The van der Waals surface area contributed by atoms with Crippen LogP contribution in [0.1, 0.15) is 38.1 Å². The molecule has 0 unspecified atom stereocenters. The first-order valence-electron chi connectivity index (χ1n) is 6.66. The van der Waals surface area contributed by atoms with E-state index in [0.29, 0.717) is 6.04 Å². The molecule has 3 nitrogen and oxygen atoms in total. The number of hydrogen-bond acceptors (Lipinski definition) is 2. The van der Waals surface area contributed by atoms with Gasteiger partial charge >= 0.3 is 0 Å². The van der Waals surface area contributed by atoms with Crippen molar-refractivity contribution < 1.29 is 4.39 Å². The molecule has 0 amide bonds. The minimum atomic E-state index is -0.212. The van der Waals surface area contributed by atoms with Gasteiger partial charge in [0.15, 0.2) is 0 Å². The predicted molar refractivity (Wildman–Crippen MR) is 70.0 cm³/mol. The number of nitrogens with zero attached hydrogens (tertiary/aromatic N) is 2. The molecule has 1 aromatic heterocycles. The molecule has 1 aliphatic carbocycles. The fourth-order valence-corrected chi connectivity index (χ4v) is 2.36. The highest BCUT2D eigenvalue weighted by molar-refractivity contribution is 5.76. The molecule has 2 aromatic rings. The minimum absolute atomic E-state index is 0.212. The van der Waals surface area contributed by atoms with Gasteiger partial charge in [-0.05, 0) is 37.9 Å². The Labute approximate surface area is 106 Å². The molecule has 0 spiro atoms. The average molecular weight is 247 g/mol. The molecule has 0 atom stereocenters. The van der Waals surface area contributed by atoms with Crippen LogP contribution in [0.3, 0.4) is 0 Å². The van der Waals surface area contributed by atoms with Crippen LogP contribution in [0.4, 0.5) is 4.39 Å². The molecule has 18 heavy (non-hydrogen) atoms. The van der Waals surface area contributed by atoms with Crippen molar-refractivity contribution in [1.82, 2.24) is 14.9 Å². The molecule has 4 heteroatoms. The summed E-state index contributed by atoms with van der Waals surface area (Å²) in [5.41, 5.74) is 1.84. The third-order valence-corrected chi connectivity index (χ3v) is 3.35. The fourth-order valence-electron chi connectivity index (χ4n) is 2.36. The van der Waals surface area contributed by atoms with Gasteiger partial charge in [-0.2, -0.15) is 0 Å². The van der Waals surface area contributed by atoms with Crippen molar-refractivity contribution in [3.8, 4) is 0 Å². The Morgan fingerprint density at radius 3 is 3.00 bits per heavy atom. The van der Waals surface area contributed by atoms with E-state index >= 15 is 0 Å². The van der Waals surface area contributed by atoms with E-state index in [1.165, 1.54) is 25.0 Å². The van der Waals surface area contributed by atoms with Crippen LogP contribution in [-0.2, 0) is 6.54 Å². The second-order valence-electron chi connectivity index (χ2n) is 4.94. The van der Waals surface area contributed by atoms with Gasteiger partial charge in [-0.25, -0.2) is 9.37 Å². The number of hydrogen-bond donors (Lipinski definition) is 1. The third kappa shape index (κ3) is 2.12. The lowest BCUT2D eigenvalue weighted by Gasteiger charge is -2.08. The maximum absolute atomic E-state index is 13.2. The summed E-state index contributed by atoms with van der Waals surface area (Å²) in [6.45, 7) is 3.90. The summed E-state index contributed by atoms with van der Waals surface area (Å²) in [6, 6.07) is 5.46. The van der Waals surface area contributed by atoms with E-state index in [2.05, 4.69) is 21.8 Å². The summed E-state index contributed by atoms with van der Waals surface area (Å²) >= 11 is 0. The first-order valence-corrected chi connectivity index (χ1v) is 6.66. The SMILES string of the molecule is CCCNCc1nc2cc(F)ccc2n1C1CC1.